The Morgan fingerprint density at radius 1 is 1.53 bits per heavy atom. The number of carbonyl (C=O) groups is 2. The van der Waals surface area contributed by atoms with Gasteiger partial charge in [-0.25, -0.2) is 9.78 Å². The topological polar surface area (TPSA) is 79.3 Å². The first-order chi connectivity index (χ1) is 7.95. The maximum atomic E-state index is 11.7. The molecule has 1 atom stereocenters. The molecule has 1 heterocycles. The maximum absolute atomic E-state index is 11.7. The lowest BCUT2D eigenvalue weighted by Gasteiger charge is -2.12. The second-order valence-corrected chi connectivity index (χ2v) is 4.05. The average molecular weight is 277 g/mol. The van der Waals surface area contributed by atoms with Crippen molar-refractivity contribution in [3.8, 4) is 0 Å². The van der Waals surface area contributed by atoms with Gasteiger partial charge in [-0.3, -0.25) is 4.79 Å². The number of carboxylic acid groups (broad SMARTS) is 1. The van der Waals surface area contributed by atoms with Gasteiger partial charge in [0, 0.05) is 6.20 Å². The third-order valence-corrected chi connectivity index (χ3v) is 2.59. The molecular weight excluding hydrogens is 267 g/mol. The molecular formula is C10H10Cl2N2O3. The van der Waals surface area contributed by atoms with E-state index in [0.717, 1.165) is 0 Å². The number of aromatic nitrogens is 1. The summed E-state index contributed by atoms with van der Waals surface area (Å²) in [4.78, 5) is 26.2. The van der Waals surface area contributed by atoms with Crippen LogP contribution in [0.4, 0.5) is 0 Å². The monoisotopic (exact) mass is 276 g/mol. The second kappa shape index (κ2) is 5.84. The van der Waals surface area contributed by atoms with Gasteiger partial charge in [-0.1, -0.05) is 30.1 Å². The molecule has 1 aromatic rings. The van der Waals surface area contributed by atoms with Gasteiger partial charge in [-0.2, -0.15) is 0 Å². The van der Waals surface area contributed by atoms with Crippen LogP contribution < -0.4 is 5.32 Å². The summed E-state index contributed by atoms with van der Waals surface area (Å²) in [5.41, 5.74) is 0.103. The van der Waals surface area contributed by atoms with Crippen LogP contribution in [0.3, 0.4) is 0 Å². The number of hydrogen-bond acceptors (Lipinski definition) is 3. The Labute approximate surface area is 108 Å². The van der Waals surface area contributed by atoms with E-state index < -0.39 is 17.9 Å². The summed E-state index contributed by atoms with van der Waals surface area (Å²) in [5.74, 6) is -1.69. The van der Waals surface area contributed by atoms with Crippen molar-refractivity contribution in [2.24, 2.45) is 0 Å². The van der Waals surface area contributed by atoms with Crippen LogP contribution >= 0.6 is 23.2 Å². The molecule has 0 saturated carbocycles. The number of rotatable bonds is 4. The molecule has 5 nitrogen and oxygen atoms in total. The van der Waals surface area contributed by atoms with Gasteiger partial charge in [0.05, 0.1) is 10.6 Å². The number of amides is 1. The van der Waals surface area contributed by atoms with E-state index in [1.807, 2.05) is 0 Å². The largest absolute Gasteiger partial charge is 0.480 e. The summed E-state index contributed by atoms with van der Waals surface area (Å²) in [7, 11) is 0. The van der Waals surface area contributed by atoms with Crippen molar-refractivity contribution in [2.45, 2.75) is 19.4 Å². The molecule has 1 aromatic heterocycles. The minimum absolute atomic E-state index is 0.103. The van der Waals surface area contributed by atoms with Crippen molar-refractivity contribution in [2.75, 3.05) is 0 Å². The molecule has 1 amide bonds. The maximum Gasteiger partial charge on any atom is 0.326 e. The Morgan fingerprint density at radius 3 is 2.71 bits per heavy atom. The van der Waals surface area contributed by atoms with Crippen molar-refractivity contribution in [3.63, 3.8) is 0 Å². The van der Waals surface area contributed by atoms with E-state index in [9.17, 15) is 9.59 Å². The van der Waals surface area contributed by atoms with Crippen molar-refractivity contribution in [1.29, 1.82) is 0 Å². The molecule has 2 N–H and O–H groups in total. The highest BCUT2D eigenvalue weighted by atomic mass is 35.5. The normalized spacial score (nSPS) is 11.9. The first kappa shape index (κ1) is 13.7. The highest BCUT2D eigenvalue weighted by Gasteiger charge is 2.20. The lowest BCUT2D eigenvalue weighted by molar-refractivity contribution is -0.139. The lowest BCUT2D eigenvalue weighted by Crippen LogP contribution is -2.40. The molecule has 0 spiro atoms. The third-order valence-electron chi connectivity index (χ3n) is 2.08. The Morgan fingerprint density at radius 2 is 2.18 bits per heavy atom. The molecule has 7 heteroatoms. The van der Waals surface area contributed by atoms with Crippen LogP contribution in [0.5, 0.6) is 0 Å². The van der Waals surface area contributed by atoms with Gasteiger partial charge in [0.25, 0.3) is 5.91 Å². The lowest BCUT2D eigenvalue weighted by atomic mass is 10.2. The van der Waals surface area contributed by atoms with E-state index in [4.69, 9.17) is 28.3 Å². The van der Waals surface area contributed by atoms with Crippen LogP contribution in [0.25, 0.3) is 0 Å². The Balaban J connectivity index is 2.89. The zero-order valence-electron chi connectivity index (χ0n) is 8.91. The first-order valence-electron chi connectivity index (χ1n) is 4.80. The Bertz CT molecular complexity index is 451. The molecule has 0 saturated heterocycles. The summed E-state index contributed by atoms with van der Waals surface area (Å²) in [6, 6.07) is 0.332. The predicted octanol–water partition coefficient (Wildman–Crippen LogP) is 1.98. The van der Waals surface area contributed by atoms with Crippen molar-refractivity contribution >= 4 is 35.1 Å². The summed E-state index contributed by atoms with van der Waals surface area (Å²) in [6.07, 6.45) is 1.51. The highest BCUT2D eigenvalue weighted by Crippen LogP contribution is 2.18. The number of hydrogen-bond donors (Lipinski definition) is 2. The van der Waals surface area contributed by atoms with Gasteiger partial charge in [0.2, 0.25) is 0 Å². The Hall–Kier alpha value is -1.33. The SMILES string of the molecule is CC[C@@H](NC(=O)c1cc(Cl)ncc1Cl)C(=O)O. The Kier molecular flexibility index (Phi) is 4.72. The smallest absolute Gasteiger partial charge is 0.326 e. The number of aliphatic carboxylic acids is 1. The fourth-order valence-corrected chi connectivity index (χ4v) is 1.51. The minimum atomic E-state index is -1.10. The molecule has 0 unspecified atom stereocenters. The van der Waals surface area contributed by atoms with E-state index in [-0.39, 0.29) is 22.2 Å². The molecule has 0 aromatic carbocycles. The molecule has 0 bridgehead atoms. The van der Waals surface area contributed by atoms with Gasteiger partial charge in [0.15, 0.2) is 0 Å². The standard InChI is InChI=1S/C10H10Cl2N2O3/c1-2-7(10(16)17)14-9(15)5-3-8(12)13-4-6(5)11/h3-4,7H,2H2,1H3,(H,14,15)(H,16,17)/t7-/m1/s1. The van der Waals surface area contributed by atoms with E-state index in [1.165, 1.54) is 12.3 Å². The van der Waals surface area contributed by atoms with Crippen LogP contribution in [0.1, 0.15) is 23.7 Å². The highest BCUT2D eigenvalue weighted by molar-refractivity contribution is 6.35. The quantitative estimate of drug-likeness (QED) is 0.825. The number of carbonyl (C=O) groups excluding carboxylic acids is 1. The molecule has 0 fully saturated rings. The van der Waals surface area contributed by atoms with Crippen LogP contribution in [0, 0.1) is 0 Å². The number of pyridine rings is 1. The summed E-state index contributed by atoms with van der Waals surface area (Å²) < 4.78 is 0. The number of nitrogens with zero attached hydrogens (tertiary/aromatic N) is 1. The van der Waals surface area contributed by atoms with Gasteiger partial charge < -0.3 is 10.4 Å². The molecule has 92 valence electrons. The third kappa shape index (κ3) is 3.57. The number of nitrogens with one attached hydrogen (secondary N) is 1. The molecule has 0 radical (unpaired) electrons. The van der Waals surface area contributed by atoms with Crippen LogP contribution in [0.15, 0.2) is 12.3 Å². The summed E-state index contributed by atoms with van der Waals surface area (Å²) in [5, 5.41) is 11.4. The molecule has 0 aliphatic carbocycles. The van der Waals surface area contributed by atoms with E-state index in [0.29, 0.717) is 0 Å². The van der Waals surface area contributed by atoms with Crippen LogP contribution in [-0.2, 0) is 4.79 Å². The van der Waals surface area contributed by atoms with E-state index in [1.54, 1.807) is 6.92 Å². The van der Waals surface area contributed by atoms with Crippen molar-refractivity contribution in [1.82, 2.24) is 10.3 Å². The molecule has 17 heavy (non-hydrogen) atoms. The summed E-state index contributed by atoms with van der Waals surface area (Å²) in [6.45, 7) is 1.65. The van der Waals surface area contributed by atoms with Gasteiger partial charge in [-0.15, -0.1) is 0 Å². The molecule has 1 rings (SSSR count). The fourth-order valence-electron chi connectivity index (χ4n) is 1.16. The van der Waals surface area contributed by atoms with Gasteiger partial charge >= 0.3 is 5.97 Å². The fraction of sp³-hybridized carbons (Fsp3) is 0.300. The minimum Gasteiger partial charge on any atom is -0.480 e. The van der Waals surface area contributed by atoms with E-state index >= 15 is 0 Å². The zero-order chi connectivity index (χ0) is 13.0. The predicted molar refractivity (Wildman–Crippen MR) is 63.4 cm³/mol. The van der Waals surface area contributed by atoms with Gasteiger partial charge in [-0.05, 0) is 12.5 Å². The number of carboxylic acids is 1. The summed E-state index contributed by atoms with van der Waals surface area (Å²) >= 11 is 11.4. The van der Waals surface area contributed by atoms with Crippen LogP contribution in [-0.4, -0.2) is 28.0 Å². The number of halogens is 2. The van der Waals surface area contributed by atoms with Crippen LogP contribution in [0.2, 0.25) is 10.2 Å². The average Bonchev–Trinajstić information content (AvgIpc) is 2.28. The molecule has 0 aliphatic heterocycles. The zero-order valence-corrected chi connectivity index (χ0v) is 10.4. The van der Waals surface area contributed by atoms with Gasteiger partial charge in [0.1, 0.15) is 11.2 Å². The first-order valence-corrected chi connectivity index (χ1v) is 5.56. The van der Waals surface area contributed by atoms with Crippen molar-refractivity contribution < 1.29 is 14.7 Å². The van der Waals surface area contributed by atoms with E-state index in [2.05, 4.69) is 10.3 Å². The van der Waals surface area contributed by atoms with Crippen molar-refractivity contribution in [3.05, 3.63) is 28.0 Å². The second-order valence-electron chi connectivity index (χ2n) is 3.26. The molecule has 0 aliphatic rings.